The molecule has 2 rings (SSSR count). The average Bonchev–Trinajstić information content (AvgIpc) is 2.61. The Morgan fingerprint density at radius 1 is 1.57 bits per heavy atom. The van der Waals surface area contributed by atoms with Crippen LogP contribution in [0.25, 0.3) is 0 Å². The number of halogens is 1. The molecule has 1 fully saturated rings. The number of hydrogen-bond donors (Lipinski definition) is 0. The molecule has 0 radical (unpaired) electrons. The molecule has 76 valence electrons. The Kier molecular flexibility index (Phi) is 3.01. The van der Waals surface area contributed by atoms with Gasteiger partial charge in [-0.2, -0.15) is 0 Å². The monoisotopic (exact) mass is 255 g/mol. The lowest BCUT2D eigenvalue weighted by atomic mass is 10.1. The van der Waals surface area contributed by atoms with Crippen LogP contribution in [0.1, 0.15) is 13.3 Å². The second kappa shape index (κ2) is 4.26. The maximum atomic E-state index is 4.34. The standard InChI is InChI=1S/C10H14BrN3/c1-8-2-5-14(9(8)6-11)10-7-12-3-4-13-10/h3-4,7-9H,2,5-6H2,1H3. The molecule has 1 aromatic rings. The van der Waals surface area contributed by atoms with Gasteiger partial charge in [0.05, 0.1) is 6.20 Å². The minimum Gasteiger partial charge on any atom is -0.351 e. The zero-order chi connectivity index (χ0) is 9.97. The Hall–Kier alpha value is -0.640. The highest BCUT2D eigenvalue weighted by atomic mass is 79.9. The Morgan fingerprint density at radius 3 is 3.07 bits per heavy atom. The molecule has 2 heterocycles. The fourth-order valence-corrected chi connectivity index (χ4v) is 2.96. The smallest absolute Gasteiger partial charge is 0.147 e. The van der Waals surface area contributed by atoms with E-state index in [1.54, 1.807) is 12.4 Å². The predicted octanol–water partition coefficient (Wildman–Crippen LogP) is 2.09. The van der Waals surface area contributed by atoms with Crippen LogP contribution < -0.4 is 4.90 Å². The summed E-state index contributed by atoms with van der Waals surface area (Å²) < 4.78 is 0. The lowest BCUT2D eigenvalue weighted by Gasteiger charge is -2.25. The van der Waals surface area contributed by atoms with E-state index < -0.39 is 0 Å². The van der Waals surface area contributed by atoms with Gasteiger partial charge in [0.15, 0.2) is 0 Å². The molecule has 1 saturated heterocycles. The number of alkyl halides is 1. The van der Waals surface area contributed by atoms with E-state index in [0.29, 0.717) is 6.04 Å². The van der Waals surface area contributed by atoms with Crippen LogP contribution in [0, 0.1) is 5.92 Å². The van der Waals surface area contributed by atoms with Gasteiger partial charge < -0.3 is 4.90 Å². The van der Waals surface area contributed by atoms with Crippen LogP contribution in [0.5, 0.6) is 0 Å². The van der Waals surface area contributed by atoms with E-state index in [4.69, 9.17) is 0 Å². The molecule has 0 N–H and O–H groups in total. The summed E-state index contributed by atoms with van der Waals surface area (Å²) in [6, 6.07) is 0.562. The van der Waals surface area contributed by atoms with Crippen LogP contribution in [-0.2, 0) is 0 Å². The molecule has 0 aliphatic carbocycles. The van der Waals surface area contributed by atoms with Crippen molar-refractivity contribution in [2.75, 3.05) is 16.8 Å². The van der Waals surface area contributed by atoms with Crippen LogP contribution >= 0.6 is 15.9 Å². The number of nitrogens with zero attached hydrogens (tertiary/aromatic N) is 3. The highest BCUT2D eigenvalue weighted by Gasteiger charge is 2.30. The number of hydrogen-bond acceptors (Lipinski definition) is 3. The lowest BCUT2D eigenvalue weighted by molar-refractivity contribution is 0.552. The molecule has 1 aliphatic heterocycles. The third-order valence-corrected chi connectivity index (χ3v) is 3.55. The molecule has 3 nitrogen and oxygen atoms in total. The summed E-state index contributed by atoms with van der Waals surface area (Å²) in [5, 5.41) is 1.00. The topological polar surface area (TPSA) is 29.0 Å². The first-order valence-corrected chi connectivity index (χ1v) is 6.03. The number of aromatic nitrogens is 2. The van der Waals surface area contributed by atoms with Crippen molar-refractivity contribution in [2.45, 2.75) is 19.4 Å². The summed E-state index contributed by atoms with van der Waals surface area (Å²) in [6.07, 6.45) is 6.55. The van der Waals surface area contributed by atoms with Gasteiger partial charge in [-0.1, -0.05) is 22.9 Å². The van der Waals surface area contributed by atoms with Crippen LogP contribution in [0.4, 0.5) is 5.82 Å². The summed E-state index contributed by atoms with van der Waals surface area (Å²) in [5.74, 6) is 1.73. The fraction of sp³-hybridized carbons (Fsp3) is 0.600. The summed E-state index contributed by atoms with van der Waals surface area (Å²) in [7, 11) is 0. The van der Waals surface area contributed by atoms with Gasteiger partial charge in [0.2, 0.25) is 0 Å². The average molecular weight is 256 g/mol. The number of rotatable bonds is 2. The van der Waals surface area contributed by atoms with Crippen LogP contribution in [0.3, 0.4) is 0 Å². The predicted molar refractivity (Wildman–Crippen MR) is 60.7 cm³/mol. The van der Waals surface area contributed by atoms with E-state index in [1.807, 2.05) is 6.20 Å². The Bertz CT molecular complexity index is 291. The van der Waals surface area contributed by atoms with Gasteiger partial charge in [-0.25, -0.2) is 4.98 Å². The quantitative estimate of drug-likeness (QED) is 0.759. The first-order chi connectivity index (χ1) is 6.83. The van der Waals surface area contributed by atoms with Crippen molar-refractivity contribution in [3.8, 4) is 0 Å². The van der Waals surface area contributed by atoms with Gasteiger partial charge in [-0.3, -0.25) is 4.98 Å². The SMILES string of the molecule is CC1CCN(c2cnccn2)C1CBr. The molecule has 14 heavy (non-hydrogen) atoms. The lowest BCUT2D eigenvalue weighted by Crippen LogP contribution is -2.34. The van der Waals surface area contributed by atoms with E-state index in [1.165, 1.54) is 6.42 Å². The van der Waals surface area contributed by atoms with Crippen molar-refractivity contribution in [1.29, 1.82) is 0 Å². The van der Waals surface area contributed by atoms with Crippen LogP contribution in [-0.4, -0.2) is 27.9 Å². The summed E-state index contributed by atoms with van der Waals surface area (Å²) >= 11 is 3.56. The molecule has 1 aliphatic rings. The molecule has 0 aromatic carbocycles. The molecular weight excluding hydrogens is 242 g/mol. The van der Waals surface area contributed by atoms with Crippen molar-refractivity contribution in [3.63, 3.8) is 0 Å². The van der Waals surface area contributed by atoms with Crippen molar-refractivity contribution in [3.05, 3.63) is 18.6 Å². The van der Waals surface area contributed by atoms with Gasteiger partial charge >= 0.3 is 0 Å². The van der Waals surface area contributed by atoms with Crippen LogP contribution in [0.2, 0.25) is 0 Å². The maximum absolute atomic E-state index is 4.34. The molecule has 0 saturated carbocycles. The van der Waals surface area contributed by atoms with E-state index in [9.17, 15) is 0 Å². The zero-order valence-electron chi connectivity index (χ0n) is 8.23. The summed E-state index contributed by atoms with van der Waals surface area (Å²) in [6.45, 7) is 3.39. The van der Waals surface area contributed by atoms with E-state index in [-0.39, 0.29) is 0 Å². The molecule has 0 bridgehead atoms. The third-order valence-electron chi connectivity index (χ3n) is 2.88. The summed E-state index contributed by atoms with van der Waals surface area (Å²) in [4.78, 5) is 10.8. The maximum Gasteiger partial charge on any atom is 0.147 e. The Balaban J connectivity index is 2.19. The second-order valence-corrected chi connectivity index (χ2v) is 4.39. The Labute approximate surface area is 92.7 Å². The van der Waals surface area contributed by atoms with Crippen LogP contribution in [0.15, 0.2) is 18.6 Å². The molecular formula is C10H14BrN3. The fourth-order valence-electron chi connectivity index (χ4n) is 1.97. The van der Waals surface area contributed by atoms with Crippen molar-refractivity contribution >= 4 is 21.7 Å². The largest absolute Gasteiger partial charge is 0.351 e. The van der Waals surface area contributed by atoms with Gasteiger partial charge in [-0.15, -0.1) is 0 Å². The van der Waals surface area contributed by atoms with Gasteiger partial charge in [0, 0.05) is 30.3 Å². The second-order valence-electron chi connectivity index (χ2n) is 3.74. The molecule has 2 atom stereocenters. The zero-order valence-corrected chi connectivity index (χ0v) is 9.81. The minimum atomic E-state index is 0.562. The van der Waals surface area contributed by atoms with Gasteiger partial charge in [0.25, 0.3) is 0 Å². The van der Waals surface area contributed by atoms with E-state index in [0.717, 1.165) is 23.6 Å². The first kappa shape index (κ1) is 9.90. The number of anilines is 1. The van der Waals surface area contributed by atoms with Gasteiger partial charge in [0.1, 0.15) is 5.82 Å². The molecule has 4 heteroatoms. The van der Waals surface area contributed by atoms with Crippen molar-refractivity contribution in [1.82, 2.24) is 9.97 Å². The van der Waals surface area contributed by atoms with E-state index in [2.05, 4.69) is 37.7 Å². The van der Waals surface area contributed by atoms with E-state index >= 15 is 0 Å². The van der Waals surface area contributed by atoms with Crippen molar-refractivity contribution in [2.24, 2.45) is 5.92 Å². The highest BCUT2D eigenvalue weighted by Crippen LogP contribution is 2.28. The third kappa shape index (κ3) is 1.75. The highest BCUT2D eigenvalue weighted by molar-refractivity contribution is 9.09. The molecule has 2 unspecified atom stereocenters. The van der Waals surface area contributed by atoms with Gasteiger partial charge in [-0.05, 0) is 12.3 Å². The first-order valence-electron chi connectivity index (χ1n) is 4.91. The molecule has 0 spiro atoms. The normalized spacial score (nSPS) is 26.9. The summed E-state index contributed by atoms with van der Waals surface area (Å²) in [5.41, 5.74) is 0. The molecule has 0 amide bonds. The minimum absolute atomic E-state index is 0.562. The Morgan fingerprint density at radius 2 is 2.43 bits per heavy atom. The molecule has 1 aromatic heterocycles. The van der Waals surface area contributed by atoms with Crippen molar-refractivity contribution < 1.29 is 0 Å².